The molecule has 6 aromatic carbocycles. The van der Waals surface area contributed by atoms with E-state index < -0.39 is 11.2 Å². The van der Waals surface area contributed by atoms with Crippen LogP contribution in [0.15, 0.2) is 131 Å². The largest absolute Gasteiger partial charge is 0.508 e. The number of fused-ring (bicyclic) bond motifs is 6. The maximum absolute atomic E-state index is 12.0. The van der Waals surface area contributed by atoms with Crippen molar-refractivity contribution in [2.45, 2.75) is 0 Å². The highest BCUT2D eigenvalue weighted by atomic mass is 16.4. The lowest BCUT2D eigenvalue weighted by atomic mass is 9.97. The third-order valence-corrected chi connectivity index (χ3v) is 6.55. The van der Waals surface area contributed by atoms with E-state index in [4.69, 9.17) is 4.42 Å². The first-order valence-electron chi connectivity index (χ1n) is 11.9. The van der Waals surface area contributed by atoms with E-state index in [0.717, 1.165) is 0 Å². The van der Waals surface area contributed by atoms with Gasteiger partial charge in [0.15, 0.2) is 5.76 Å². The number of rotatable bonds is 1. The summed E-state index contributed by atoms with van der Waals surface area (Å²) in [7, 11) is 0. The Morgan fingerprint density at radius 2 is 1.00 bits per heavy atom. The number of phenolic OH excluding ortho intramolecular Hbond substituents is 1. The van der Waals surface area contributed by atoms with Gasteiger partial charge < -0.3 is 14.6 Å². The van der Waals surface area contributed by atoms with Gasteiger partial charge in [0.25, 0.3) is 0 Å². The van der Waals surface area contributed by atoms with Crippen molar-refractivity contribution < 1.29 is 14.6 Å². The van der Waals surface area contributed by atoms with Crippen molar-refractivity contribution in [2.75, 3.05) is 0 Å². The zero-order chi connectivity index (χ0) is 25.4. The van der Waals surface area contributed by atoms with Gasteiger partial charge in [-0.3, -0.25) is 4.79 Å². The van der Waals surface area contributed by atoms with Crippen molar-refractivity contribution in [3.63, 3.8) is 0 Å². The maximum atomic E-state index is 12.0. The highest BCUT2D eigenvalue weighted by Crippen LogP contribution is 2.32. The first-order valence-corrected chi connectivity index (χ1v) is 11.9. The van der Waals surface area contributed by atoms with Crippen molar-refractivity contribution in [3.8, 4) is 22.8 Å². The lowest BCUT2D eigenvalue weighted by Crippen LogP contribution is -2.02. The van der Waals surface area contributed by atoms with Crippen LogP contribution in [0.4, 0.5) is 0 Å². The molecule has 0 bridgehead atoms. The molecule has 0 amide bonds. The minimum Gasteiger partial charge on any atom is -0.508 e. The Hall–Kier alpha value is -5.09. The number of aromatic hydroxyl groups is 2. The molecule has 0 atom stereocenters. The van der Waals surface area contributed by atoms with Crippen LogP contribution in [0.1, 0.15) is 0 Å². The lowest BCUT2D eigenvalue weighted by molar-refractivity contribution is 0.449. The van der Waals surface area contributed by atoms with Gasteiger partial charge in [0.2, 0.25) is 11.2 Å². The summed E-state index contributed by atoms with van der Waals surface area (Å²) in [5.74, 6) is -0.223. The average Bonchev–Trinajstić information content (AvgIpc) is 2.95. The predicted octanol–water partition coefficient (Wildman–Crippen LogP) is 8.02. The van der Waals surface area contributed by atoms with Crippen LogP contribution in [0.2, 0.25) is 0 Å². The molecule has 4 heteroatoms. The molecule has 2 N–H and O–H groups in total. The van der Waals surface area contributed by atoms with Gasteiger partial charge in [-0.15, -0.1) is 0 Å². The van der Waals surface area contributed by atoms with Crippen LogP contribution in [-0.2, 0) is 0 Å². The summed E-state index contributed by atoms with van der Waals surface area (Å²) in [6, 6.07) is 38.8. The molecule has 0 fully saturated rings. The summed E-state index contributed by atoms with van der Waals surface area (Å²) in [4.78, 5) is 12.0. The Labute approximate surface area is 212 Å². The van der Waals surface area contributed by atoms with E-state index in [1.54, 1.807) is 36.4 Å². The molecule has 0 radical (unpaired) electrons. The fourth-order valence-corrected chi connectivity index (χ4v) is 4.71. The highest BCUT2D eigenvalue weighted by Gasteiger charge is 2.14. The average molecular weight is 483 g/mol. The second kappa shape index (κ2) is 9.17. The smallest absolute Gasteiger partial charge is 0.235 e. The van der Waals surface area contributed by atoms with E-state index in [9.17, 15) is 15.0 Å². The molecule has 0 spiro atoms. The SMILES string of the molecule is O=c1c(O)c(-c2ccc(O)cc2)oc2ccccc12.c1ccc2c(c1)ccc1c3ccccc3ccc21. The van der Waals surface area contributed by atoms with Crippen LogP contribution >= 0.6 is 0 Å². The number of benzene rings is 6. The van der Waals surface area contributed by atoms with Crippen molar-refractivity contribution in [1.82, 2.24) is 0 Å². The zero-order valence-corrected chi connectivity index (χ0v) is 19.8. The van der Waals surface area contributed by atoms with E-state index >= 15 is 0 Å². The van der Waals surface area contributed by atoms with Crippen molar-refractivity contribution in [1.29, 1.82) is 0 Å². The summed E-state index contributed by atoms with van der Waals surface area (Å²) in [5.41, 5.74) is 0.469. The minimum atomic E-state index is -0.468. The summed E-state index contributed by atoms with van der Waals surface area (Å²) in [6.45, 7) is 0. The normalized spacial score (nSPS) is 11.0. The van der Waals surface area contributed by atoms with E-state index in [1.165, 1.54) is 44.5 Å². The van der Waals surface area contributed by atoms with Crippen molar-refractivity contribution in [3.05, 3.63) is 132 Å². The van der Waals surface area contributed by atoms with Crippen LogP contribution < -0.4 is 5.43 Å². The number of para-hydroxylation sites is 1. The quantitative estimate of drug-likeness (QED) is 0.232. The maximum Gasteiger partial charge on any atom is 0.235 e. The van der Waals surface area contributed by atoms with Crippen LogP contribution in [0.25, 0.3) is 54.6 Å². The molecule has 1 heterocycles. The van der Waals surface area contributed by atoms with Gasteiger partial charge in [0, 0.05) is 5.56 Å². The molecule has 1 aromatic heterocycles. The van der Waals surface area contributed by atoms with Gasteiger partial charge in [-0.05, 0) is 68.7 Å². The second-order valence-electron chi connectivity index (χ2n) is 8.82. The molecule has 7 rings (SSSR count). The molecule has 0 aliphatic carbocycles. The molecule has 4 nitrogen and oxygen atoms in total. The Morgan fingerprint density at radius 1 is 0.486 bits per heavy atom. The summed E-state index contributed by atoms with van der Waals surface area (Å²) < 4.78 is 5.57. The fourth-order valence-electron chi connectivity index (χ4n) is 4.71. The number of hydrogen-bond acceptors (Lipinski definition) is 4. The zero-order valence-electron chi connectivity index (χ0n) is 19.8. The Morgan fingerprint density at radius 3 is 1.59 bits per heavy atom. The van der Waals surface area contributed by atoms with Crippen LogP contribution in [0.3, 0.4) is 0 Å². The predicted molar refractivity (Wildman–Crippen MR) is 150 cm³/mol. The molecular formula is C33H22O4. The first-order chi connectivity index (χ1) is 18.1. The van der Waals surface area contributed by atoms with E-state index in [0.29, 0.717) is 16.5 Å². The molecule has 0 saturated carbocycles. The van der Waals surface area contributed by atoms with Gasteiger partial charge in [0.1, 0.15) is 11.3 Å². The number of phenols is 1. The molecule has 37 heavy (non-hydrogen) atoms. The Kier molecular flexibility index (Phi) is 5.55. The summed E-state index contributed by atoms with van der Waals surface area (Å²) in [5, 5.41) is 27.5. The van der Waals surface area contributed by atoms with Crippen LogP contribution in [0, 0.1) is 0 Å². The molecule has 7 aromatic rings. The Balaban J connectivity index is 0.000000136. The minimum absolute atomic E-state index is 0.101. The van der Waals surface area contributed by atoms with E-state index in [1.807, 2.05) is 0 Å². The van der Waals surface area contributed by atoms with Gasteiger partial charge in [-0.2, -0.15) is 0 Å². The summed E-state index contributed by atoms with van der Waals surface area (Å²) >= 11 is 0. The standard InChI is InChI=1S/C18H12.C15H10O4/c1-3-7-15-13(5-1)9-11-18-16-8-4-2-6-14(16)10-12-17(15)18;16-10-7-5-9(6-8-10)15-14(18)13(17)11-3-1-2-4-12(11)19-15/h1-12H;1-8,16,18H. The molecule has 0 aliphatic heterocycles. The molecule has 0 unspecified atom stereocenters. The highest BCUT2D eigenvalue weighted by molar-refractivity contribution is 6.17. The Bertz CT molecular complexity index is 1890. The van der Waals surface area contributed by atoms with E-state index in [-0.39, 0.29) is 11.5 Å². The second-order valence-corrected chi connectivity index (χ2v) is 8.82. The molecule has 178 valence electrons. The van der Waals surface area contributed by atoms with Gasteiger partial charge in [0.05, 0.1) is 5.39 Å². The molecule has 0 aliphatic rings. The topological polar surface area (TPSA) is 70.7 Å². The van der Waals surface area contributed by atoms with Crippen molar-refractivity contribution >= 4 is 43.3 Å². The first kappa shape index (κ1) is 22.4. The van der Waals surface area contributed by atoms with Crippen LogP contribution in [0.5, 0.6) is 11.5 Å². The number of hydrogen-bond donors (Lipinski definition) is 2. The summed E-state index contributed by atoms with van der Waals surface area (Å²) in [6.07, 6.45) is 0. The fraction of sp³-hybridized carbons (Fsp3) is 0. The lowest BCUT2D eigenvalue weighted by Gasteiger charge is -2.07. The van der Waals surface area contributed by atoms with Gasteiger partial charge >= 0.3 is 0 Å². The monoisotopic (exact) mass is 482 g/mol. The van der Waals surface area contributed by atoms with E-state index in [2.05, 4.69) is 72.8 Å². The third kappa shape index (κ3) is 4.05. The van der Waals surface area contributed by atoms with Gasteiger partial charge in [-0.25, -0.2) is 0 Å². The third-order valence-electron chi connectivity index (χ3n) is 6.55. The van der Waals surface area contributed by atoms with Crippen LogP contribution in [-0.4, -0.2) is 10.2 Å². The molecular weight excluding hydrogens is 460 g/mol. The molecule has 0 saturated heterocycles. The van der Waals surface area contributed by atoms with Crippen molar-refractivity contribution in [2.24, 2.45) is 0 Å². The van der Waals surface area contributed by atoms with Gasteiger partial charge in [-0.1, -0.05) is 84.9 Å².